The molecule has 0 unspecified atom stereocenters. The number of morpholine rings is 1. The molecule has 0 bridgehead atoms. The normalized spacial score (nSPS) is 19.9. The molecule has 0 N–H and O–H groups in total. The second-order valence-corrected chi connectivity index (χ2v) is 7.46. The van der Waals surface area contributed by atoms with Gasteiger partial charge in [0.25, 0.3) is 5.56 Å². The van der Waals surface area contributed by atoms with Gasteiger partial charge in [0.2, 0.25) is 5.95 Å². The number of methoxy groups -OCH3 is 1. The van der Waals surface area contributed by atoms with Crippen LogP contribution in [0, 0.1) is 5.82 Å². The van der Waals surface area contributed by atoms with Gasteiger partial charge >= 0.3 is 0 Å². The summed E-state index contributed by atoms with van der Waals surface area (Å²) in [6, 6.07) is 8.26. The van der Waals surface area contributed by atoms with Gasteiger partial charge < -0.3 is 19.1 Å². The van der Waals surface area contributed by atoms with Gasteiger partial charge in [-0.05, 0) is 24.3 Å². The number of hydrogen-bond donors (Lipinski definition) is 0. The van der Waals surface area contributed by atoms with Crippen molar-refractivity contribution in [2.45, 2.75) is 12.1 Å². The molecule has 0 amide bonds. The van der Waals surface area contributed by atoms with Gasteiger partial charge in [-0.15, -0.1) is 0 Å². The van der Waals surface area contributed by atoms with Crippen LogP contribution in [0.3, 0.4) is 0 Å². The summed E-state index contributed by atoms with van der Waals surface area (Å²) in [5.74, 6) is 1.37. The molecule has 1 saturated heterocycles. The minimum absolute atomic E-state index is 0.205. The first-order chi connectivity index (χ1) is 15.1. The van der Waals surface area contributed by atoms with E-state index in [0.29, 0.717) is 31.5 Å². The van der Waals surface area contributed by atoms with E-state index in [2.05, 4.69) is 9.97 Å². The van der Waals surface area contributed by atoms with Crippen LogP contribution in [-0.4, -0.2) is 47.4 Å². The van der Waals surface area contributed by atoms with Gasteiger partial charge in [0, 0.05) is 37.0 Å². The first-order valence-electron chi connectivity index (χ1n) is 9.94. The maximum absolute atomic E-state index is 14.3. The maximum atomic E-state index is 14.3. The average Bonchev–Trinajstić information content (AvgIpc) is 2.80. The predicted octanol–water partition coefficient (Wildman–Crippen LogP) is 2.33. The van der Waals surface area contributed by atoms with Crippen LogP contribution in [0.2, 0.25) is 0 Å². The molecule has 0 spiro atoms. The molecule has 1 fully saturated rings. The van der Waals surface area contributed by atoms with Crippen LogP contribution in [0.4, 0.5) is 10.3 Å². The molecule has 1 aromatic carbocycles. The SMILES string of the molecule is COc1ccc2c(c1)[C@@H]1OCCN(c3nc(-c4ccncc4F)cc(=O)n3C)[C@H]1CO2. The van der Waals surface area contributed by atoms with Gasteiger partial charge in [0.15, 0.2) is 5.82 Å². The molecule has 5 rings (SSSR count). The lowest BCUT2D eigenvalue weighted by atomic mass is 9.96. The van der Waals surface area contributed by atoms with Crippen LogP contribution < -0.4 is 19.9 Å². The Morgan fingerprint density at radius 1 is 1.26 bits per heavy atom. The Kier molecular flexibility index (Phi) is 4.82. The highest BCUT2D eigenvalue weighted by Gasteiger charge is 2.40. The van der Waals surface area contributed by atoms with Crippen LogP contribution in [0.15, 0.2) is 47.5 Å². The van der Waals surface area contributed by atoms with Crippen molar-refractivity contribution in [2.75, 3.05) is 31.8 Å². The van der Waals surface area contributed by atoms with Crippen molar-refractivity contribution in [2.24, 2.45) is 7.05 Å². The number of pyridine rings is 1. The minimum atomic E-state index is -0.531. The molecule has 2 aromatic heterocycles. The van der Waals surface area contributed by atoms with E-state index in [0.717, 1.165) is 17.5 Å². The lowest BCUT2D eigenvalue weighted by molar-refractivity contribution is -0.0165. The molecule has 3 aromatic rings. The smallest absolute Gasteiger partial charge is 0.255 e. The summed E-state index contributed by atoms with van der Waals surface area (Å²) in [4.78, 5) is 23.1. The van der Waals surface area contributed by atoms with Gasteiger partial charge in [-0.2, -0.15) is 0 Å². The second kappa shape index (κ2) is 7.66. The summed E-state index contributed by atoms with van der Waals surface area (Å²) in [6.45, 7) is 1.33. The molecule has 8 nitrogen and oxygen atoms in total. The van der Waals surface area contributed by atoms with Crippen LogP contribution in [0.25, 0.3) is 11.3 Å². The number of benzene rings is 1. The molecule has 2 aliphatic heterocycles. The number of aromatic nitrogens is 3. The van der Waals surface area contributed by atoms with E-state index in [9.17, 15) is 9.18 Å². The van der Waals surface area contributed by atoms with E-state index in [1.165, 1.54) is 22.9 Å². The van der Waals surface area contributed by atoms with Crippen LogP contribution >= 0.6 is 0 Å². The fraction of sp³-hybridized carbons (Fsp3) is 0.318. The number of halogens is 1. The first-order valence-corrected chi connectivity index (χ1v) is 9.94. The van der Waals surface area contributed by atoms with Crippen LogP contribution in [-0.2, 0) is 11.8 Å². The Hall–Kier alpha value is -3.46. The van der Waals surface area contributed by atoms with E-state index in [-0.39, 0.29) is 29.0 Å². The van der Waals surface area contributed by atoms with Gasteiger partial charge in [-0.25, -0.2) is 9.37 Å². The lowest BCUT2D eigenvalue weighted by Crippen LogP contribution is -2.53. The summed E-state index contributed by atoms with van der Waals surface area (Å²) in [5.41, 5.74) is 1.10. The van der Waals surface area contributed by atoms with Crippen molar-refractivity contribution in [3.8, 4) is 22.8 Å². The largest absolute Gasteiger partial charge is 0.497 e. The molecule has 9 heteroatoms. The Morgan fingerprint density at radius 3 is 2.94 bits per heavy atom. The van der Waals surface area contributed by atoms with Crippen molar-refractivity contribution in [3.63, 3.8) is 0 Å². The van der Waals surface area contributed by atoms with Crippen molar-refractivity contribution < 1.29 is 18.6 Å². The number of rotatable bonds is 3. The second-order valence-electron chi connectivity index (χ2n) is 7.46. The Morgan fingerprint density at radius 2 is 2.13 bits per heavy atom. The van der Waals surface area contributed by atoms with Gasteiger partial charge in [-0.1, -0.05) is 0 Å². The highest BCUT2D eigenvalue weighted by Crippen LogP contribution is 2.41. The van der Waals surface area contributed by atoms with Crippen molar-refractivity contribution in [3.05, 3.63) is 64.5 Å². The number of nitrogens with zero attached hydrogens (tertiary/aromatic N) is 4. The molecule has 160 valence electrons. The third kappa shape index (κ3) is 3.31. The van der Waals surface area contributed by atoms with Crippen LogP contribution in [0.5, 0.6) is 11.5 Å². The van der Waals surface area contributed by atoms with Gasteiger partial charge in [0.05, 0.1) is 31.6 Å². The first kappa shape index (κ1) is 19.5. The van der Waals surface area contributed by atoms with Gasteiger partial charge in [0.1, 0.15) is 24.2 Å². The van der Waals surface area contributed by atoms with Crippen molar-refractivity contribution >= 4 is 5.95 Å². The summed E-state index contributed by atoms with van der Waals surface area (Å²) in [5, 5.41) is 0. The highest BCUT2D eigenvalue weighted by atomic mass is 19.1. The fourth-order valence-electron chi connectivity index (χ4n) is 4.13. The Bertz CT molecular complexity index is 1200. The molecular formula is C22H21FN4O4. The zero-order valence-electron chi connectivity index (χ0n) is 17.1. The third-order valence-electron chi connectivity index (χ3n) is 5.73. The lowest BCUT2D eigenvalue weighted by Gasteiger charge is -2.44. The fourth-order valence-corrected chi connectivity index (χ4v) is 4.13. The molecule has 2 aliphatic rings. The molecule has 2 atom stereocenters. The molecule has 4 heterocycles. The molecule has 0 saturated carbocycles. The zero-order valence-corrected chi connectivity index (χ0v) is 17.1. The molecule has 0 aliphatic carbocycles. The number of hydrogen-bond acceptors (Lipinski definition) is 7. The molecule has 0 radical (unpaired) electrons. The van der Waals surface area contributed by atoms with Gasteiger partial charge in [-0.3, -0.25) is 14.3 Å². The average molecular weight is 424 g/mol. The molecule has 31 heavy (non-hydrogen) atoms. The maximum Gasteiger partial charge on any atom is 0.255 e. The number of ether oxygens (including phenoxy) is 3. The third-order valence-corrected chi connectivity index (χ3v) is 5.73. The summed E-state index contributed by atoms with van der Waals surface area (Å²) >= 11 is 0. The highest BCUT2D eigenvalue weighted by molar-refractivity contribution is 5.60. The molecular weight excluding hydrogens is 403 g/mol. The van der Waals surface area contributed by atoms with E-state index in [4.69, 9.17) is 14.2 Å². The summed E-state index contributed by atoms with van der Waals surface area (Å²) in [6.07, 6.45) is 2.31. The monoisotopic (exact) mass is 424 g/mol. The number of fused-ring (bicyclic) bond motifs is 3. The van der Waals surface area contributed by atoms with E-state index in [1.54, 1.807) is 14.2 Å². The quantitative estimate of drug-likeness (QED) is 0.639. The van der Waals surface area contributed by atoms with E-state index in [1.807, 2.05) is 23.1 Å². The summed E-state index contributed by atoms with van der Waals surface area (Å²) < 4.78 is 33.2. The zero-order chi connectivity index (χ0) is 21.5. The minimum Gasteiger partial charge on any atom is -0.497 e. The Balaban J connectivity index is 1.58. The van der Waals surface area contributed by atoms with Crippen LogP contribution in [0.1, 0.15) is 11.7 Å². The number of anilines is 1. The summed E-state index contributed by atoms with van der Waals surface area (Å²) in [7, 11) is 3.27. The topological polar surface area (TPSA) is 78.7 Å². The van der Waals surface area contributed by atoms with Crippen molar-refractivity contribution in [1.29, 1.82) is 0 Å². The standard InChI is InChI=1S/C22H21FN4O4/c1-26-20(28)10-17(14-5-6-24-11-16(14)23)25-22(26)27-7-8-30-21-15-9-13(29-2)3-4-19(15)31-12-18(21)27/h3-6,9-11,18,21H,7-8,12H2,1-2H3/t18-,21-/m0/s1. The van der Waals surface area contributed by atoms with Crippen molar-refractivity contribution in [1.82, 2.24) is 14.5 Å². The Labute approximate surface area is 177 Å². The van der Waals surface area contributed by atoms with E-state index < -0.39 is 5.82 Å². The van der Waals surface area contributed by atoms with E-state index >= 15 is 0 Å². The predicted molar refractivity (Wildman–Crippen MR) is 111 cm³/mol.